The third-order valence-corrected chi connectivity index (χ3v) is 1.97. The Morgan fingerprint density at radius 3 is 2.33 bits per heavy atom. The number of nitriles is 1. The molecular weight excluding hydrogens is 226 g/mol. The Bertz CT molecular complexity index is 529. The van der Waals surface area contributed by atoms with Gasteiger partial charge < -0.3 is 10.5 Å². The summed E-state index contributed by atoms with van der Waals surface area (Å²) in [6.45, 7) is 4.00. The zero-order valence-electron chi connectivity index (χ0n) is 10.4. The fourth-order valence-electron chi connectivity index (χ4n) is 1.23. The summed E-state index contributed by atoms with van der Waals surface area (Å²) in [7, 11) is 0. The summed E-state index contributed by atoms with van der Waals surface area (Å²) in [6.07, 6.45) is 1.58. The van der Waals surface area contributed by atoms with Gasteiger partial charge in [0.15, 0.2) is 0 Å². The fraction of sp³-hybridized carbons (Fsp3) is 0.143. The molecule has 0 aliphatic rings. The molecule has 4 nitrogen and oxygen atoms in total. The number of nitrogens with two attached hydrogens (primary N) is 1. The number of ether oxygens (including phenoxy) is 1. The Balaban J connectivity index is 0.000000771. The number of hydrogen-bond acceptors (Lipinski definition) is 4. The summed E-state index contributed by atoms with van der Waals surface area (Å²) in [5.41, 5.74) is 6.12. The number of hydrogen-bond donors (Lipinski definition) is 1. The van der Waals surface area contributed by atoms with Crippen LogP contribution in [0.15, 0.2) is 42.6 Å². The van der Waals surface area contributed by atoms with Crippen molar-refractivity contribution >= 4 is 5.82 Å². The molecule has 1 aromatic heterocycles. The van der Waals surface area contributed by atoms with E-state index in [1.54, 1.807) is 42.6 Å². The van der Waals surface area contributed by atoms with Gasteiger partial charge in [0.2, 0.25) is 0 Å². The molecule has 0 aliphatic carbocycles. The Morgan fingerprint density at radius 2 is 1.78 bits per heavy atom. The monoisotopic (exact) mass is 241 g/mol. The highest BCUT2D eigenvalue weighted by Gasteiger charge is 1.98. The highest BCUT2D eigenvalue weighted by molar-refractivity contribution is 5.40. The Hall–Kier alpha value is -2.54. The minimum absolute atomic E-state index is 0.408. The van der Waals surface area contributed by atoms with Crippen molar-refractivity contribution in [2.45, 2.75) is 13.8 Å². The lowest BCUT2D eigenvalue weighted by Gasteiger charge is -2.05. The van der Waals surface area contributed by atoms with Gasteiger partial charge in [0.1, 0.15) is 17.3 Å². The van der Waals surface area contributed by atoms with Crippen LogP contribution in [0.4, 0.5) is 5.82 Å². The van der Waals surface area contributed by atoms with E-state index in [2.05, 4.69) is 4.98 Å². The molecule has 0 radical (unpaired) electrons. The first kappa shape index (κ1) is 13.5. The standard InChI is InChI=1S/C12H9N3O.C2H6/c13-8-9-1-3-10(4-2-9)16-11-5-6-15-12(14)7-11;1-2/h1-7H,(H2,14,15);1-2H3. The predicted molar refractivity (Wildman–Crippen MR) is 71.2 cm³/mol. The van der Waals surface area contributed by atoms with Crippen molar-refractivity contribution in [1.82, 2.24) is 4.98 Å². The topological polar surface area (TPSA) is 71.9 Å². The van der Waals surface area contributed by atoms with Crippen LogP contribution in [0.3, 0.4) is 0 Å². The van der Waals surface area contributed by atoms with Gasteiger partial charge in [-0.05, 0) is 30.3 Å². The highest BCUT2D eigenvalue weighted by Crippen LogP contribution is 2.21. The summed E-state index contributed by atoms with van der Waals surface area (Å²) in [5.74, 6) is 1.69. The molecule has 2 rings (SSSR count). The molecule has 0 bridgehead atoms. The van der Waals surface area contributed by atoms with E-state index in [0.717, 1.165) is 0 Å². The van der Waals surface area contributed by atoms with Gasteiger partial charge in [0.25, 0.3) is 0 Å². The lowest BCUT2D eigenvalue weighted by molar-refractivity contribution is 0.482. The maximum absolute atomic E-state index is 8.64. The van der Waals surface area contributed by atoms with Crippen LogP contribution >= 0.6 is 0 Å². The van der Waals surface area contributed by atoms with Gasteiger partial charge in [-0.2, -0.15) is 5.26 Å². The third-order valence-electron chi connectivity index (χ3n) is 1.97. The second-order valence-corrected chi connectivity index (χ2v) is 3.15. The highest BCUT2D eigenvalue weighted by atomic mass is 16.5. The number of pyridine rings is 1. The average Bonchev–Trinajstić information content (AvgIpc) is 2.42. The lowest BCUT2D eigenvalue weighted by Crippen LogP contribution is -1.90. The van der Waals surface area contributed by atoms with Crippen molar-refractivity contribution in [1.29, 1.82) is 5.26 Å². The van der Waals surface area contributed by atoms with Crippen LogP contribution in [0, 0.1) is 11.3 Å². The van der Waals surface area contributed by atoms with E-state index in [0.29, 0.717) is 22.9 Å². The number of rotatable bonds is 2. The number of nitrogen functional groups attached to an aromatic ring is 1. The molecule has 2 aromatic rings. The van der Waals surface area contributed by atoms with Crippen LogP contribution in [0.5, 0.6) is 11.5 Å². The van der Waals surface area contributed by atoms with Crippen molar-refractivity contribution in [2.24, 2.45) is 0 Å². The first-order chi connectivity index (χ1) is 8.78. The SMILES string of the molecule is CC.N#Cc1ccc(Oc2ccnc(N)c2)cc1. The number of aromatic nitrogens is 1. The van der Waals surface area contributed by atoms with Gasteiger partial charge in [-0.1, -0.05) is 13.8 Å². The van der Waals surface area contributed by atoms with Gasteiger partial charge >= 0.3 is 0 Å². The molecule has 0 fully saturated rings. The quantitative estimate of drug-likeness (QED) is 0.875. The van der Waals surface area contributed by atoms with Crippen molar-refractivity contribution in [3.63, 3.8) is 0 Å². The minimum Gasteiger partial charge on any atom is -0.457 e. The predicted octanol–water partition coefficient (Wildman–Crippen LogP) is 3.35. The van der Waals surface area contributed by atoms with E-state index in [1.165, 1.54) is 0 Å². The molecule has 1 heterocycles. The van der Waals surface area contributed by atoms with E-state index < -0.39 is 0 Å². The van der Waals surface area contributed by atoms with Crippen LogP contribution in [-0.4, -0.2) is 4.98 Å². The fourth-order valence-corrected chi connectivity index (χ4v) is 1.23. The smallest absolute Gasteiger partial charge is 0.132 e. The lowest BCUT2D eigenvalue weighted by atomic mass is 10.2. The Labute approximate surface area is 107 Å². The maximum atomic E-state index is 8.64. The Kier molecular flexibility index (Phi) is 5.20. The molecule has 4 heteroatoms. The molecule has 0 aliphatic heterocycles. The first-order valence-electron chi connectivity index (χ1n) is 5.67. The normalized spacial score (nSPS) is 8.72. The van der Waals surface area contributed by atoms with Crippen LogP contribution in [0.2, 0.25) is 0 Å². The number of benzene rings is 1. The molecule has 18 heavy (non-hydrogen) atoms. The number of nitrogens with zero attached hydrogens (tertiary/aromatic N) is 2. The molecule has 0 saturated heterocycles. The molecule has 2 N–H and O–H groups in total. The van der Waals surface area contributed by atoms with Crippen molar-refractivity contribution in [2.75, 3.05) is 5.73 Å². The molecule has 0 amide bonds. The molecular formula is C14H15N3O. The van der Waals surface area contributed by atoms with E-state index in [1.807, 2.05) is 19.9 Å². The van der Waals surface area contributed by atoms with Crippen molar-refractivity contribution in [3.8, 4) is 17.6 Å². The van der Waals surface area contributed by atoms with E-state index in [9.17, 15) is 0 Å². The van der Waals surface area contributed by atoms with Gasteiger partial charge in [-0.3, -0.25) is 0 Å². The summed E-state index contributed by atoms with van der Waals surface area (Å²) in [6, 6.07) is 12.2. The maximum Gasteiger partial charge on any atom is 0.132 e. The zero-order chi connectivity index (χ0) is 13.4. The van der Waals surface area contributed by atoms with Crippen LogP contribution in [0.25, 0.3) is 0 Å². The minimum atomic E-state index is 0.408. The summed E-state index contributed by atoms with van der Waals surface area (Å²) < 4.78 is 5.53. The van der Waals surface area contributed by atoms with Crippen molar-refractivity contribution in [3.05, 3.63) is 48.2 Å². The molecule has 92 valence electrons. The second-order valence-electron chi connectivity index (χ2n) is 3.15. The van der Waals surface area contributed by atoms with Crippen LogP contribution in [-0.2, 0) is 0 Å². The molecule has 0 saturated carbocycles. The van der Waals surface area contributed by atoms with Crippen LogP contribution < -0.4 is 10.5 Å². The molecule has 0 atom stereocenters. The second kappa shape index (κ2) is 6.92. The van der Waals surface area contributed by atoms with E-state index in [-0.39, 0.29) is 0 Å². The third kappa shape index (κ3) is 3.80. The number of anilines is 1. The van der Waals surface area contributed by atoms with Crippen LogP contribution in [0.1, 0.15) is 19.4 Å². The average molecular weight is 241 g/mol. The van der Waals surface area contributed by atoms with Gasteiger partial charge in [0, 0.05) is 12.3 Å². The molecule has 0 unspecified atom stereocenters. The molecule has 0 spiro atoms. The van der Waals surface area contributed by atoms with Crippen molar-refractivity contribution < 1.29 is 4.74 Å². The molecule has 1 aromatic carbocycles. The van der Waals surface area contributed by atoms with Gasteiger partial charge in [-0.15, -0.1) is 0 Å². The van der Waals surface area contributed by atoms with E-state index in [4.69, 9.17) is 15.7 Å². The van der Waals surface area contributed by atoms with Gasteiger partial charge in [0.05, 0.1) is 11.6 Å². The summed E-state index contributed by atoms with van der Waals surface area (Å²) in [5, 5.41) is 8.64. The zero-order valence-corrected chi connectivity index (χ0v) is 10.4. The summed E-state index contributed by atoms with van der Waals surface area (Å²) in [4.78, 5) is 3.86. The van der Waals surface area contributed by atoms with Gasteiger partial charge in [-0.25, -0.2) is 4.98 Å². The summed E-state index contributed by atoms with van der Waals surface area (Å²) >= 11 is 0. The van der Waals surface area contributed by atoms with E-state index >= 15 is 0 Å². The largest absolute Gasteiger partial charge is 0.457 e. The first-order valence-corrected chi connectivity index (χ1v) is 5.67. The Morgan fingerprint density at radius 1 is 1.11 bits per heavy atom.